The summed E-state index contributed by atoms with van der Waals surface area (Å²) < 4.78 is 8.62. The van der Waals surface area contributed by atoms with Gasteiger partial charge in [-0.3, -0.25) is 0 Å². The van der Waals surface area contributed by atoms with Crippen molar-refractivity contribution in [1.82, 2.24) is 25.5 Å². The van der Waals surface area contributed by atoms with Crippen LogP contribution in [0.1, 0.15) is 29.9 Å². The molecule has 1 aromatic carbocycles. The fraction of sp³-hybridized carbons (Fsp3) is 0.462. The van der Waals surface area contributed by atoms with Gasteiger partial charge in [0.25, 0.3) is 0 Å². The maximum atomic E-state index is 5.74. The SMILES string of the molecule is CNC(C)c1nnnn1Cc1cc(Br)cc2c1OCC2. The molecule has 0 radical (unpaired) electrons. The highest BCUT2D eigenvalue weighted by molar-refractivity contribution is 9.10. The molecular formula is C13H16BrN5O. The Bertz CT molecular complexity index is 627. The second kappa shape index (κ2) is 5.49. The molecule has 0 spiro atoms. The van der Waals surface area contributed by atoms with Gasteiger partial charge in [-0.1, -0.05) is 15.9 Å². The predicted molar refractivity (Wildman–Crippen MR) is 77.7 cm³/mol. The summed E-state index contributed by atoms with van der Waals surface area (Å²) in [5, 5.41) is 15.1. The lowest BCUT2D eigenvalue weighted by Gasteiger charge is -2.12. The normalized spacial score (nSPS) is 14.9. The van der Waals surface area contributed by atoms with Crippen molar-refractivity contribution in [3.63, 3.8) is 0 Å². The van der Waals surface area contributed by atoms with Crippen LogP contribution in [0.5, 0.6) is 5.75 Å². The molecule has 20 heavy (non-hydrogen) atoms. The molecule has 6 nitrogen and oxygen atoms in total. The number of benzene rings is 1. The van der Waals surface area contributed by atoms with E-state index in [4.69, 9.17) is 4.74 Å². The van der Waals surface area contributed by atoms with Crippen molar-refractivity contribution in [1.29, 1.82) is 0 Å². The predicted octanol–water partition coefficient (Wildman–Crippen LogP) is 1.70. The molecule has 2 aromatic rings. The highest BCUT2D eigenvalue weighted by Gasteiger charge is 2.20. The third-order valence-electron chi connectivity index (χ3n) is 3.53. The van der Waals surface area contributed by atoms with Crippen LogP contribution in [0.2, 0.25) is 0 Å². The van der Waals surface area contributed by atoms with Crippen LogP contribution in [0.25, 0.3) is 0 Å². The summed E-state index contributed by atoms with van der Waals surface area (Å²) in [5.41, 5.74) is 2.34. The maximum Gasteiger partial charge on any atom is 0.168 e. The second-order valence-corrected chi connectivity index (χ2v) is 5.77. The molecule has 3 rings (SSSR count). The fourth-order valence-electron chi connectivity index (χ4n) is 2.39. The minimum atomic E-state index is 0.103. The van der Waals surface area contributed by atoms with Crippen LogP contribution >= 0.6 is 15.9 Å². The standard InChI is InChI=1S/C13H16BrN5O/c1-8(15-2)13-16-17-18-19(13)7-10-6-11(14)5-9-3-4-20-12(9)10/h5-6,8,15H,3-4,7H2,1-2H3. The summed E-state index contributed by atoms with van der Waals surface area (Å²) in [6, 6.07) is 4.29. The van der Waals surface area contributed by atoms with Crippen molar-refractivity contribution < 1.29 is 4.74 Å². The number of hydrogen-bond acceptors (Lipinski definition) is 5. The first-order valence-electron chi connectivity index (χ1n) is 6.56. The summed E-state index contributed by atoms with van der Waals surface area (Å²) in [5.74, 6) is 1.80. The third-order valence-corrected chi connectivity index (χ3v) is 3.98. The van der Waals surface area contributed by atoms with Gasteiger partial charge < -0.3 is 10.1 Å². The number of aromatic nitrogens is 4. The van der Waals surface area contributed by atoms with E-state index in [1.807, 2.05) is 18.7 Å². The zero-order chi connectivity index (χ0) is 14.1. The lowest BCUT2D eigenvalue weighted by atomic mass is 10.1. The van der Waals surface area contributed by atoms with E-state index < -0.39 is 0 Å². The average molecular weight is 338 g/mol. The molecular weight excluding hydrogens is 322 g/mol. The zero-order valence-electron chi connectivity index (χ0n) is 11.4. The van der Waals surface area contributed by atoms with Crippen molar-refractivity contribution in [2.75, 3.05) is 13.7 Å². The van der Waals surface area contributed by atoms with Crippen molar-refractivity contribution in [2.45, 2.75) is 25.9 Å². The van der Waals surface area contributed by atoms with Crippen LogP contribution in [0, 0.1) is 0 Å². The average Bonchev–Trinajstić information content (AvgIpc) is 3.06. The topological polar surface area (TPSA) is 64.9 Å². The van der Waals surface area contributed by atoms with Crippen molar-refractivity contribution >= 4 is 15.9 Å². The van der Waals surface area contributed by atoms with E-state index in [0.717, 1.165) is 34.6 Å². The summed E-state index contributed by atoms with van der Waals surface area (Å²) in [6.45, 7) is 3.38. The van der Waals surface area contributed by atoms with Gasteiger partial charge in [0, 0.05) is 16.5 Å². The number of fused-ring (bicyclic) bond motifs is 1. The highest BCUT2D eigenvalue weighted by Crippen LogP contribution is 2.33. The van der Waals surface area contributed by atoms with Crippen LogP contribution in [-0.4, -0.2) is 33.9 Å². The molecule has 0 fully saturated rings. The Kier molecular flexibility index (Phi) is 3.71. The molecule has 1 unspecified atom stereocenters. The van der Waals surface area contributed by atoms with Gasteiger partial charge in [-0.05, 0) is 42.1 Å². The first kappa shape index (κ1) is 13.5. The zero-order valence-corrected chi connectivity index (χ0v) is 13.0. The summed E-state index contributed by atoms with van der Waals surface area (Å²) in [7, 11) is 1.89. The summed E-state index contributed by atoms with van der Waals surface area (Å²) in [6.07, 6.45) is 0.956. The van der Waals surface area contributed by atoms with Gasteiger partial charge in [-0.2, -0.15) is 0 Å². The quantitative estimate of drug-likeness (QED) is 0.919. The smallest absolute Gasteiger partial charge is 0.168 e. The molecule has 106 valence electrons. The fourth-order valence-corrected chi connectivity index (χ4v) is 2.94. The number of hydrogen-bond donors (Lipinski definition) is 1. The molecule has 0 bridgehead atoms. The monoisotopic (exact) mass is 337 g/mol. The minimum Gasteiger partial charge on any atom is -0.493 e. The highest BCUT2D eigenvalue weighted by atomic mass is 79.9. The Hall–Kier alpha value is -1.47. The summed E-state index contributed by atoms with van der Waals surface area (Å²) in [4.78, 5) is 0. The number of halogens is 1. The van der Waals surface area contributed by atoms with Gasteiger partial charge in [0.1, 0.15) is 5.75 Å². The van der Waals surface area contributed by atoms with E-state index in [1.165, 1.54) is 5.56 Å². The van der Waals surface area contributed by atoms with Crippen molar-refractivity contribution in [3.8, 4) is 5.75 Å². The van der Waals surface area contributed by atoms with Crippen LogP contribution in [-0.2, 0) is 13.0 Å². The van der Waals surface area contributed by atoms with Gasteiger partial charge in [0.05, 0.1) is 19.2 Å². The van der Waals surface area contributed by atoms with E-state index in [9.17, 15) is 0 Å². The Morgan fingerprint density at radius 1 is 1.50 bits per heavy atom. The van der Waals surface area contributed by atoms with E-state index >= 15 is 0 Å². The first-order valence-corrected chi connectivity index (χ1v) is 7.35. The molecule has 1 aliphatic rings. The van der Waals surface area contributed by atoms with Crippen LogP contribution in [0.15, 0.2) is 16.6 Å². The Morgan fingerprint density at radius 2 is 2.35 bits per heavy atom. The number of tetrazole rings is 1. The second-order valence-electron chi connectivity index (χ2n) is 4.86. The molecule has 1 N–H and O–H groups in total. The lowest BCUT2D eigenvalue weighted by Crippen LogP contribution is -2.19. The van der Waals surface area contributed by atoms with Gasteiger partial charge in [-0.25, -0.2) is 4.68 Å². The number of nitrogens with one attached hydrogen (secondary N) is 1. The van der Waals surface area contributed by atoms with Crippen molar-refractivity contribution in [3.05, 3.63) is 33.6 Å². The molecule has 1 aliphatic heterocycles. The van der Waals surface area contributed by atoms with Gasteiger partial charge in [-0.15, -0.1) is 5.10 Å². The van der Waals surface area contributed by atoms with E-state index in [1.54, 1.807) is 0 Å². The van der Waals surface area contributed by atoms with Crippen LogP contribution < -0.4 is 10.1 Å². The molecule has 0 aliphatic carbocycles. The molecule has 0 saturated heterocycles. The Labute approximate surface area is 125 Å². The molecule has 0 amide bonds. The van der Waals surface area contributed by atoms with Crippen molar-refractivity contribution in [2.24, 2.45) is 0 Å². The largest absolute Gasteiger partial charge is 0.493 e. The Balaban J connectivity index is 1.95. The number of ether oxygens (including phenoxy) is 1. The lowest BCUT2D eigenvalue weighted by molar-refractivity contribution is 0.351. The van der Waals surface area contributed by atoms with Crippen LogP contribution in [0.3, 0.4) is 0 Å². The first-order chi connectivity index (χ1) is 9.69. The van der Waals surface area contributed by atoms with E-state index in [0.29, 0.717) is 6.54 Å². The molecule has 2 heterocycles. The van der Waals surface area contributed by atoms with Gasteiger partial charge in [0.15, 0.2) is 5.82 Å². The third kappa shape index (κ3) is 2.43. The van der Waals surface area contributed by atoms with E-state index in [2.05, 4.69) is 48.9 Å². The molecule has 7 heteroatoms. The minimum absolute atomic E-state index is 0.103. The molecule has 1 atom stereocenters. The van der Waals surface area contributed by atoms with Crippen LogP contribution in [0.4, 0.5) is 0 Å². The molecule has 0 saturated carbocycles. The number of rotatable bonds is 4. The van der Waals surface area contributed by atoms with E-state index in [-0.39, 0.29) is 6.04 Å². The Morgan fingerprint density at radius 3 is 3.15 bits per heavy atom. The summed E-state index contributed by atoms with van der Waals surface area (Å²) >= 11 is 3.55. The molecule has 1 aromatic heterocycles. The maximum absolute atomic E-state index is 5.74. The van der Waals surface area contributed by atoms with Gasteiger partial charge >= 0.3 is 0 Å². The van der Waals surface area contributed by atoms with Gasteiger partial charge in [0.2, 0.25) is 0 Å². The number of nitrogens with zero attached hydrogens (tertiary/aromatic N) is 4.